The largest absolute Gasteiger partial charge is 0.357 e. The predicted octanol–water partition coefficient (Wildman–Crippen LogP) is 4.21. The van der Waals surface area contributed by atoms with Gasteiger partial charge in [-0.3, -0.25) is 9.59 Å². The first-order valence-electron chi connectivity index (χ1n) is 11.1. The van der Waals surface area contributed by atoms with Gasteiger partial charge in [-0.05, 0) is 31.7 Å². The Morgan fingerprint density at radius 3 is 2.85 bits per heavy atom. The SMILES string of the molecule is CC(=O)NCC(=O)NC1CCn2c1c(-c1cnn(C3CCCCO3)c1)c1ccc(Cl)c(Cl)c12. The van der Waals surface area contributed by atoms with E-state index in [1.807, 2.05) is 23.1 Å². The number of hydrogen-bond donors (Lipinski definition) is 2. The Bertz CT molecular complexity index is 1230. The van der Waals surface area contributed by atoms with Crippen LogP contribution >= 0.6 is 23.2 Å². The average molecular weight is 490 g/mol. The van der Waals surface area contributed by atoms with Gasteiger partial charge in [0, 0.05) is 48.5 Å². The third-order valence-corrected chi connectivity index (χ3v) is 7.09. The topological polar surface area (TPSA) is 90.2 Å². The lowest BCUT2D eigenvalue weighted by Gasteiger charge is -2.22. The molecule has 0 spiro atoms. The first-order valence-corrected chi connectivity index (χ1v) is 11.9. The number of rotatable bonds is 5. The van der Waals surface area contributed by atoms with E-state index in [-0.39, 0.29) is 30.6 Å². The highest BCUT2D eigenvalue weighted by atomic mass is 35.5. The fourth-order valence-electron chi connectivity index (χ4n) is 4.84. The van der Waals surface area contributed by atoms with Crippen LogP contribution in [0.25, 0.3) is 22.0 Å². The number of carbonyl (C=O) groups excluding carboxylic acids is 2. The molecule has 33 heavy (non-hydrogen) atoms. The molecule has 174 valence electrons. The van der Waals surface area contributed by atoms with Gasteiger partial charge in [0.1, 0.15) is 6.23 Å². The molecular formula is C23H25Cl2N5O3. The number of nitrogens with one attached hydrogen (secondary N) is 2. The molecule has 2 aliphatic rings. The highest BCUT2D eigenvalue weighted by Gasteiger charge is 2.33. The van der Waals surface area contributed by atoms with Crippen LogP contribution in [0.4, 0.5) is 0 Å². The second-order valence-corrected chi connectivity index (χ2v) is 9.30. The summed E-state index contributed by atoms with van der Waals surface area (Å²) < 4.78 is 9.91. The number of amides is 2. The molecule has 2 atom stereocenters. The molecule has 1 fully saturated rings. The Labute approximate surface area is 201 Å². The summed E-state index contributed by atoms with van der Waals surface area (Å²) in [5.41, 5.74) is 3.74. The smallest absolute Gasteiger partial charge is 0.239 e. The van der Waals surface area contributed by atoms with Crippen LogP contribution in [-0.4, -0.2) is 39.3 Å². The number of ether oxygens (including phenoxy) is 1. The summed E-state index contributed by atoms with van der Waals surface area (Å²) in [6, 6.07) is 3.54. The van der Waals surface area contributed by atoms with E-state index in [1.165, 1.54) is 6.92 Å². The Kier molecular flexibility index (Phi) is 6.07. The minimum atomic E-state index is -0.245. The van der Waals surface area contributed by atoms with Crippen molar-refractivity contribution in [1.82, 2.24) is 25.0 Å². The molecule has 8 nitrogen and oxygen atoms in total. The summed E-state index contributed by atoms with van der Waals surface area (Å²) in [4.78, 5) is 23.7. The number of aromatic nitrogens is 3. The maximum absolute atomic E-state index is 12.5. The first-order chi connectivity index (χ1) is 15.9. The molecule has 2 aromatic heterocycles. The van der Waals surface area contributed by atoms with Crippen molar-refractivity contribution in [3.8, 4) is 11.1 Å². The van der Waals surface area contributed by atoms with Gasteiger partial charge in [-0.1, -0.05) is 29.3 Å². The van der Waals surface area contributed by atoms with Gasteiger partial charge in [0.15, 0.2) is 0 Å². The minimum absolute atomic E-state index is 0.0646. The molecule has 0 aliphatic carbocycles. The lowest BCUT2D eigenvalue weighted by atomic mass is 10.0. The normalized spacial score (nSPS) is 20.1. The molecule has 1 saturated heterocycles. The second kappa shape index (κ2) is 9.00. The van der Waals surface area contributed by atoms with E-state index in [4.69, 9.17) is 27.9 Å². The van der Waals surface area contributed by atoms with Crippen LogP contribution in [-0.2, 0) is 20.9 Å². The summed E-state index contributed by atoms with van der Waals surface area (Å²) in [5, 5.41) is 12.1. The van der Waals surface area contributed by atoms with Gasteiger partial charge < -0.3 is 19.9 Å². The molecule has 2 amide bonds. The lowest BCUT2D eigenvalue weighted by molar-refractivity contribution is -0.125. The molecule has 2 N–H and O–H groups in total. The molecule has 0 radical (unpaired) electrons. The van der Waals surface area contributed by atoms with E-state index in [0.717, 1.165) is 53.6 Å². The number of hydrogen-bond acceptors (Lipinski definition) is 4. The summed E-state index contributed by atoms with van der Waals surface area (Å²) in [7, 11) is 0. The molecule has 1 aromatic carbocycles. The monoisotopic (exact) mass is 489 g/mol. The average Bonchev–Trinajstić information content (AvgIpc) is 3.51. The molecular weight excluding hydrogens is 465 g/mol. The van der Waals surface area contributed by atoms with Crippen LogP contribution in [0.2, 0.25) is 10.0 Å². The van der Waals surface area contributed by atoms with Crippen LogP contribution in [0, 0.1) is 0 Å². The molecule has 0 saturated carbocycles. The number of benzene rings is 1. The molecule has 5 rings (SSSR count). The van der Waals surface area contributed by atoms with Gasteiger partial charge in [-0.25, -0.2) is 4.68 Å². The lowest BCUT2D eigenvalue weighted by Crippen LogP contribution is -2.37. The van der Waals surface area contributed by atoms with Crippen LogP contribution in [0.15, 0.2) is 24.5 Å². The number of nitrogens with zero attached hydrogens (tertiary/aromatic N) is 3. The molecule has 2 aliphatic heterocycles. The summed E-state index contributed by atoms with van der Waals surface area (Å²) in [6.07, 6.45) is 7.60. The highest BCUT2D eigenvalue weighted by Crippen LogP contribution is 2.46. The fourth-order valence-corrected chi connectivity index (χ4v) is 5.26. The zero-order valence-corrected chi connectivity index (χ0v) is 19.7. The fraction of sp³-hybridized carbons (Fsp3) is 0.435. The summed E-state index contributed by atoms with van der Waals surface area (Å²) in [5.74, 6) is -0.486. The zero-order valence-electron chi connectivity index (χ0n) is 18.2. The van der Waals surface area contributed by atoms with Gasteiger partial charge in [0.25, 0.3) is 0 Å². The van der Waals surface area contributed by atoms with Gasteiger partial charge in [0.2, 0.25) is 11.8 Å². The quantitative estimate of drug-likeness (QED) is 0.561. The Balaban J connectivity index is 1.57. The van der Waals surface area contributed by atoms with Crippen LogP contribution < -0.4 is 10.6 Å². The second-order valence-electron chi connectivity index (χ2n) is 8.52. The van der Waals surface area contributed by atoms with E-state index in [9.17, 15) is 9.59 Å². The van der Waals surface area contributed by atoms with Crippen molar-refractivity contribution in [2.24, 2.45) is 0 Å². The maximum atomic E-state index is 12.5. The zero-order chi connectivity index (χ0) is 23.1. The number of carbonyl (C=O) groups is 2. The Morgan fingerprint density at radius 2 is 2.09 bits per heavy atom. The van der Waals surface area contributed by atoms with Crippen molar-refractivity contribution in [3.63, 3.8) is 0 Å². The van der Waals surface area contributed by atoms with Gasteiger partial charge in [-0.15, -0.1) is 0 Å². The van der Waals surface area contributed by atoms with Crippen LogP contribution in [0.3, 0.4) is 0 Å². The van der Waals surface area contributed by atoms with E-state index >= 15 is 0 Å². The molecule has 3 aromatic rings. The number of fused-ring (bicyclic) bond motifs is 3. The Hall–Kier alpha value is -2.55. The van der Waals surface area contributed by atoms with Crippen molar-refractivity contribution < 1.29 is 14.3 Å². The molecule has 10 heteroatoms. The van der Waals surface area contributed by atoms with E-state index in [1.54, 1.807) is 6.07 Å². The molecule has 2 unspecified atom stereocenters. The van der Waals surface area contributed by atoms with Gasteiger partial charge in [0.05, 0.1) is 34.3 Å². The third kappa shape index (κ3) is 4.11. The van der Waals surface area contributed by atoms with Crippen LogP contribution in [0.5, 0.6) is 0 Å². The van der Waals surface area contributed by atoms with Crippen LogP contribution in [0.1, 0.15) is 50.6 Å². The first kappa shape index (κ1) is 22.3. The maximum Gasteiger partial charge on any atom is 0.239 e. The summed E-state index contributed by atoms with van der Waals surface area (Å²) >= 11 is 13.0. The number of halogens is 2. The van der Waals surface area contributed by atoms with E-state index in [2.05, 4.69) is 20.3 Å². The minimum Gasteiger partial charge on any atom is -0.357 e. The van der Waals surface area contributed by atoms with Crippen molar-refractivity contribution in [2.75, 3.05) is 13.2 Å². The Morgan fingerprint density at radius 1 is 1.24 bits per heavy atom. The van der Waals surface area contributed by atoms with Crippen molar-refractivity contribution in [2.45, 2.75) is 51.4 Å². The summed E-state index contributed by atoms with van der Waals surface area (Å²) in [6.45, 7) is 2.75. The third-order valence-electron chi connectivity index (χ3n) is 6.30. The standard InChI is InChI=1S/C23H25Cl2N5O3/c1-13(31)26-11-18(32)28-17-7-8-29-22-15(5-6-16(24)21(22)25)20(23(17)29)14-10-27-30(12-14)19-4-2-3-9-33-19/h5-6,10,12,17,19H,2-4,7-9,11H2,1H3,(H,26,31)(H,28,32). The predicted molar refractivity (Wildman–Crippen MR) is 126 cm³/mol. The van der Waals surface area contributed by atoms with Gasteiger partial charge >= 0.3 is 0 Å². The van der Waals surface area contributed by atoms with Crippen molar-refractivity contribution in [1.29, 1.82) is 0 Å². The van der Waals surface area contributed by atoms with Gasteiger partial charge in [-0.2, -0.15) is 5.10 Å². The highest BCUT2D eigenvalue weighted by molar-refractivity contribution is 6.45. The number of aryl methyl sites for hydroxylation is 1. The molecule has 0 bridgehead atoms. The molecule has 4 heterocycles. The van der Waals surface area contributed by atoms with Crippen molar-refractivity contribution >= 4 is 45.9 Å². The van der Waals surface area contributed by atoms with E-state index < -0.39 is 0 Å². The van der Waals surface area contributed by atoms with Crippen molar-refractivity contribution in [3.05, 3.63) is 40.3 Å². The van der Waals surface area contributed by atoms with E-state index in [0.29, 0.717) is 23.0 Å².